The van der Waals surface area contributed by atoms with Gasteiger partial charge in [0.25, 0.3) is 0 Å². The van der Waals surface area contributed by atoms with E-state index in [-0.39, 0.29) is 5.91 Å². The van der Waals surface area contributed by atoms with Crippen LogP contribution in [-0.4, -0.2) is 43.5 Å². The van der Waals surface area contributed by atoms with Gasteiger partial charge in [0.2, 0.25) is 5.91 Å². The SMILES string of the molecule is N#Cc1ccccc1N1CCCN(CCC(=O)Nc2cccc(Cl)c2)CC1. The van der Waals surface area contributed by atoms with Crippen molar-refractivity contribution in [2.24, 2.45) is 0 Å². The Labute approximate surface area is 165 Å². The molecule has 0 bridgehead atoms. The van der Waals surface area contributed by atoms with E-state index in [4.69, 9.17) is 11.6 Å². The Bertz CT molecular complexity index is 833. The minimum Gasteiger partial charge on any atom is -0.369 e. The lowest BCUT2D eigenvalue weighted by molar-refractivity contribution is -0.116. The molecule has 0 unspecified atom stereocenters. The molecule has 1 aliphatic heterocycles. The summed E-state index contributed by atoms with van der Waals surface area (Å²) in [5.41, 5.74) is 2.44. The average Bonchev–Trinajstić information content (AvgIpc) is 2.92. The summed E-state index contributed by atoms with van der Waals surface area (Å²) in [5, 5.41) is 12.8. The Morgan fingerprint density at radius 1 is 1.11 bits per heavy atom. The fourth-order valence-electron chi connectivity index (χ4n) is 3.33. The highest BCUT2D eigenvalue weighted by atomic mass is 35.5. The van der Waals surface area contributed by atoms with Crippen LogP contribution in [0.15, 0.2) is 48.5 Å². The van der Waals surface area contributed by atoms with Gasteiger partial charge in [0.1, 0.15) is 6.07 Å². The van der Waals surface area contributed by atoms with Crippen LogP contribution in [0.4, 0.5) is 11.4 Å². The Balaban J connectivity index is 1.50. The highest BCUT2D eigenvalue weighted by Gasteiger charge is 2.17. The van der Waals surface area contributed by atoms with Crippen molar-refractivity contribution in [2.75, 3.05) is 42.9 Å². The molecule has 0 aliphatic carbocycles. The first-order valence-corrected chi connectivity index (χ1v) is 9.55. The van der Waals surface area contributed by atoms with Gasteiger partial charge < -0.3 is 15.1 Å². The zero-order chi connectivity index (χ0) is 19.1. The summed E-state index contributed by atoms with van der Waals surface area (Å²) in [6.07, 6.45) is 1.46. The molecule has 1 saturated heterocycles. The van der Waals surface area contributed by atoms with Crippen molar-refractivity contribution >= 4 is 28.9 Å². The third-order valence-corrected chi connectivity index (χ3v) is 4.95. The van der Waals surface area contributed by atoms with Crippen LogP contribution in [0.2, 0.25) is 5.02 Å². The van der Waals surface area contributed by atoms with Crippen molar-refractivity contribution in [1.82, 2.24) is 4.90 Å². The van der Waals surface area contributed by atoms with E-state index in [0.717, 1.165) is 50.5 Å². The van der Waals surface area contributed by atoms with Crippen molar-refractivity contribution in [3.05, 3.63) is 59.1 Å². The van der Waals surface area contributed by atoms with Crippen LogP contribution in [-0.2, 0) is 4.79 Å². The predicted molar refractivity (Wildman–Crippen MR) is 109 cm³/mol. The first kappa shape index (κ1) is 19.2. The lowest BCUT2D eigenvalue weighted by Gasteiger charge is -2.24. The highest BCUT2D eigenvalue weighted by molar-refractivity contribution is 6.30. The number of carbonyl (C=O) groups excluding carboxylic acids is 1. The quantitative estimate of drug-likeness (QED) is 0.855. The summed E-state index contributed by atoms with van der Waals surface area (Å²) in [5.74, 6) is -0.00630. The molecule has 2 aromatic rings. The number of halogens is 1. The van der Waals surface area contributed by atoms with Crippen molar-refractivity contribution in [1.29, 1.82) is 5.26 Å². The molecular weight excluding hydrogens is 360 g/mol. The average molecular weight is 383 g/mol. The zero-order valence-corrected chi connectivity index (χ0v) is 16.0. The molecular formula is C21H23ClN4O. The number of amides is 1. The number of para-hydroxylation sites is 1. The maximum Gasteiger partial charge on any atom is 0.225 e. The molecule has 6 heteroatoms. The van der Waals surface area contributed by atoms with Gasteiger partial charge in [-0.15, -0.1) is 0 Å². The molecule has 1 heterocycles. The second kappa shape index (κ2) is 9.40. The third kappa shape index (κ3) is 5.46. The monoisotopic (exact) mass is 382 g/mol. The Hall–Kier alpha value is -2.55. The summed E-state index contributed by atoms with van der Waals surface area (Å²) in [6.45, 7) is 4.33. The number of hydrogen-bond acceptors (Lipinski definition) is 4. The number of nitrogens with zero attached hydrogens (tertiary/aromatic N) is 3. The number of nitriles is 1. The number of nitrogens with one attached hydrogen (secondary N) is 1. The fourth-order valence-corrected chi connectivity index (χ4v) is 3.52. The van der Waals surface area contributed by atoms with Crippen LogP contribution in [0.3, 0.4) is 0 Å². The minimum absolute atomic E-state index is 0.00630. The molecule has 0 radical (unpaired) electrons. The smallest absolute Gasteiger partial charge is 0.225 e. The van der Waals surface area contributed by atoms with E-state index >= 15 is 0 Å². The summed E-state index contributed by atoms with van der Waals surface area (Å²) in [7, 11) is 0. The zero-order valence-electron chi connectivity index (χ0n) is 15.2. The molecule has 5 nitrogen and oxygen atoms in total. The van der Waals surface area contributed by atoms with Crippen molar-refractivity contribution in [3.8, 4) is 6.07 Å². The lowest BCUT2D eigenvalue weighted by atomic mass is 10.1. The molecule has 0 saturated carbocycles. The number of carbonyl (C=O) groups is 1. The van der Waals surface area contributed by atoms with Crippen LogP contribution in [0, 0.1) is 11.3 Å². The van der Waals surface area contributed by atoms with E-state index in [1.807, 2.05) is 36.4 Å². The first-order valence-electron chi connectivity index (χ1n) is 9.17. The van der Waals surface area contributed by atoms with Gasteiger partial charge >= 0.3 is 0 Å². The van der Waals surface area contributed by atoms with Crippen molar-refractivity contribution < 1.29 is 4.79 Å². The lowest BCUT2D eigenvalue weighted by Crippen LogP contribution is -2.33. The minimum atomic E-state index is -0.00630. The molecule has 0 aromatic heterocycles. The largest absolute Gasteiger partial charge is 0.369 e. The van der Waals surface area contributed by atoms with Gasteiger partial charge in [0.15, 0.2) is 0 Å². The van der Waals surface area contributed by atoms with E-state index in [0.29, 0.717) is 17.0 Å². The summed E-state index contributed by atoms with van der Waals surface area (Å²) < 4.78 is 0. The van der Waals surface area contributed by atoms with E-state index in [1.165, 1.54) is 0 Å². The van der Waals surface area contributed by atoms with E-state index in [2.05, 4.69) is 21.2 Å². The molecule has 1 N–H and O–H groups in total. The summed E-state index contributed by atoms with van der Waals surface area (Å²) in [6, 6.07) is 17.2. The van der Waals surface area contributed by atoms with Crippen LogP contribution >= 0.6 is 11.6 Å². The normalized spacial score (nSPS) is 15.0. The summed E-state index contributed by atoms with van der Waals surface area (Å²) >= 11 is 5.95. The fraction of sp³-hybridized carbons (Fsp3) is 0.333. The maximum absolute atomic E-state index is 12.2. The second-order valence-electron chi connectivity index (χ2n) is 6.62. The topological polar surface area (TPSA) is 59.4 Å². The van der Waals surface area contributed by atoms with Crippen LogP contribution < -0.4 is 10.2 Å². The molecule has 27 heavy (non-hydrogen) atoms. The Morgan fingerprint density at radius 3 is 2.78 bits per heavy atom. The third-order valence-electron chi connectivity index (χ3n) is 4.72. The molecule has 1 fully saturated rings. The van der Waals surface area contributed by atoms with E-state index < -0.39 is 0 Å². The van der Waals surface area contributed by atoms with Gasteiger partial charge in [-0.1, -0.05) is 29.8 Å². The number of hydrogen-bond donors (Lipinski definition) is 1. The van der Waals surface area contributed by atoms with Gasteiger partial charge in [-0.3, -0.25) is 4.79 Å². The standard InChI is InChI=1S/C21H23ClN4O/c22-18-6-3-7-19(15-18)24-21(27)9-12-25-10-4-11-26(14-13-25)20-8-2-1-5-17(20)16-23/h1-3,5-8,15H,4,9-14H2,(H,24,27). The van der Waals surface area contributed by atoms with Gasteiger partial charge in [-0.05, 0) is 43.3 Å². The summed E-state index contributed by atoms with van der Waals surface area (Å²) in [4.78, 5) is 16.8. The molecule has 0 atom stereocenters. The molecule has 3 rings (SSSR count). The van der Waals surface area contributed by atoms with Crippen LogP contribution in [0.25, 0.3) is 0 Å². The molecule has 1 aliphatic rings. The van der Waals surface area contributed by atoms with E-state index in [1.54, 1.807) is 12.1 Å². The molecule has 0 spiro atoms. The highest BCUT2D eigenvalue weighted by Crippen LogP contribution is 2.21. The van der Waals surface area contributed by atoms with Crippen molar-refractivity contribution in [2.45, 2.75) is 12.8 Å². The van der Waals surface area contributed by atoms with Gasteiger partial charge in [-0.25, -0.2) is 0 Å². The maximum atomic E-state index is 12.2. The van der Waals surface area contributed by atoms with E-state index in [9.17, 15) is 10.1 Å². The molecule has 2 aromatic carbocycles. The number of anilines is 2. The van der Waals surface area contributed by atoms with Crippen LogP contribution in [0.1, 0.15) is 18.4 Å². The van der Waals surface area contributed by atoms with Crippen molar-refractivity contribution in [3.63, 3.8) is 0 Å². The Kier molecular flexibility index (Phi) is 6.69. The number of rotatable bonds is 5. The molecule has 140 valence electrons. The van der Waals surface area contributed by atoms with Gasteiger partial charge in [-0.2, -0.15) is 5.26 Å². The predicted octanol–water partition coefficient (Wildman–Crippen LogP) is 3.75. The van der Waals surface area contributed by atoms with Gasteiger partial charge in [0, 0.05) is 43.3 Å². The Morgan fingerprint density at radius 2 is 1.96 bits per heavy atom. The number of benzene rings is 2. The molecule has 1 amide bonds. The first-order chi connectivity index (χ1) is 13.2. The second-order valence-corrected chi connectivity index (χ2v) is 7.06. The van der Waals surface area contributed by atoms with Gasteiger partial charge in [0.05, 0.1) is 11.3 Å². The van der Waals surface area contributed by atoms with Crippen LogP contribution in [0.5, 0.6) is 0 Å².